The lowest BCUT2D eigenvalue weighted by Gasteiger charge is -2.48. The van der Waals surface area contributed by atoms with E-state index in [2.05, 4.69) is 5.32 Å². The van der Waals surface area contributed by atoms with Gasteiger partial charge in [-0.2, -0.15) is 0 Å². The number of carbonyl (C=O) groups is 4. The largest absolute Gasteiger partial charge is 0.507 e. The minimum Gasteiger partial charge on any atom is -0.507 e. The summed E-state index contributed by atoms with van der Waals surface area (Å²) in [7, 11) is 3.55. The van der Waals surface area contributed by atoms with Crippen LogP contribution < -0.4 is 21.7 Å². The second-order valence-corrected chi connectivity index (χ2v) is 11.2. The number of fused-ring (bicyclic) bond motifs is 3. The third-order valence-corrected chi connectivity index (χ3v) is 8.60. The van der Waals surface area contributed by atoms with E-state index in [-0.39, 0.29) is 54.2 Å². The number of hydrogen-bond donors (Lipinski definition) is 7. The third kappa shape index (κ3) is 3.62. The van der Waals surface area contributed by atoms with Crippen molar-refractivity contribution in [3.8, 4) is 5.75 Å². The van der Waals surface area contributed by atoms with E-state index < -0.39 is 58.2 Å². The molecule has 4 aliphatic rings. The van der Waals surface area contributed by atoms with E-state index in [1.165, 1.54) is 0 Å². The molecule has 0 radical (unpaired) electrons. The Morgan fingerprint density at radius 3 is 2.42 bits per heavy atom. The number of anilines is 1. The molecule has 38 heavy (non-hydrogen) atoms. The van der Waals surface area contributed by atoms with Crippen molar-refractivity contribution in [2.45, 2.75) is 55.9 Å². The Balaban J connectivity index is 1.59. The van der Waals surface area contributed by atoms with Gasteiger partial charge in [0, 0.05) is 43.4 Å². The Morgan fingerprint density at radius 1 is 1.18 bits per heavy atom. The number of rotatable bonds is 5. The predicted octanol–water partition coefficient (Wildman–Crippen LogP) is -1.24. The van der Waals surface area contributed by atoms with Crippen molar-refractivity contribution < 1.29 is 39.6 Å². The minimum atomic E-state index is -2.64. The number of ketones is 2. The van der Waals surface area contributed by atoms with Crippen molar-refractivity contribution in [1.29, 1.82) is 0 Å². The highest BCUT2D eigenvalue weighted by Crippen LogP contribution is 2.53. The van der Waals surface area contributed by atoms with Gasteiger partial charge in [0.05, 0.1) is 17.2 Å². The summed E-state index contributed by atoms with van der Waals surface area (Å²) in [6.45, 7) is -0.0829. The monoisotopic (exact) mass is 528 g/mol. The molecule has 0 saturated heterocycles. The van der Waals surface area contributed by atoms with Crippen LogP contribution in [0.3, 0.4) is 0 Å². The van der Waals surface area contributed by atoms with Crippen LogP contribution >= 0.6 is 0 Å². The van der Waals surface area contributed by atoms with Gasteiger partial charge in [-0.1, -0.05) is 0 Å². The van der Waals surface area contributed by atoms with E-state index in [1.807, 2.05) is 0 Å². The molecule has 4 aliphatic carbocycles. The highest BCUT2D eigenvalue weighted by Gasteiger charge is 2.64. The van der Waals surface area contributed by atoms with Gasteiger partial charge in [-0.05, 0) is 49.7 Å². The molecule has 5 atom stereocenters. The van der Waals surface area contributed by atoms with Crippen LogP contribution in [0.5, 0.6) is 5.75 Å². The first kappa shape index (κ1) is 26.1. The maximum absolute atomic E-state index is 13.7. The summed E-state index contributed by atoms with van der Waals surface area (Å²) in [5.74, 6) is -8.02. The molecule has 1 aromatic carbocycles. The number of primary amides is 1. The number of aliphatic hydroxyl groups excluding tert-OH is 2. The van der Waals surface area contributed by atoms with Gasteiger partial charge in [-0.15, -0.1) is 0 Å². The van der Waals surface area contributed by atoms with Gasteiger partial charge in [0.1, 0.15) is 17.4 Å². The molecule has 2 amide bonds. The number of phenols is 1. The van der Waals surface area contributed by atoms with Gasteiger partial charge in [-0.25, -0.2) is 0 Å². The van der Waals surface area contributed by atoms with Crippen LogP contribution in [0.25, 0.3) is 5.76 Å². The van der Waals surface area contributed by atoms with E-state index in [9.17, 15) is 39.6 Å². The van der Waals surface area contributed by atoms with Gasteiger partial charge < -0.3 is 42.1 Å². The Bertz CT molecular complexity index is 1320. The zero-order valence-electron chi connectivity index (χ0n) is 21.2. The zero-order chi connectivity index (χ0) is 27.9. The molecular formula is C26H32N4O8. The zero-order valence-corrected chi connectivity index (χ0v) is 21.2. The van der Waals surface area contributed by atoms with E-state index in [4.69, 9.17) is 11.5 Å². The first-order chi connectivity index (χ1) is 17.7. The van der Waals surface area contributed by atoms with Crippen molar-refractivity contribution in [2.75, 3.05) is 19.0 Å². The average Bonchev–Trinajstić information content (AvgIpc) is 3.58. The number of Topliss-reactive ketones (excluding diaryl/α,β-unsaturated/α-hetero) is 2. The lowest BCUT2D eigenvalue weighted by molar-refractivity contribution is -0.174. The van der Waals surface area contributed by atoms with Crippen LogP contribution in [0.2, 0.25) is 0 Å². The number of carbonyl (C=O) groups excluding carboxylic acids is 4. The molecule has 0 bridgehead atoms. The van der Waals surface area contributed by atoms with E-state index in [0.29, 0.717) is 24.1 Å². The Kier molecular flexibility index (Phi) is 5.86. The summed E-state index contributed by atoms with van der Waals surface area (Å²) in [5.41, 5.74) is 8.90. The number of nitrogens with one attached hydrogen (secondary N) is 1. The topological polar surface area (TPSA) is 217 Å². The highest BCUT2D eigenvalue weighted by atomic mass is 16.3. The van der Waals surface area contributed by atoms with E-state index >= 15 is 0 Å². The van der Waals surface area contributed by atoms with Crippen molar-refractivity contribution in [3.05, 3.63) is 28.3 Å². The molecule has 0 aliphatic heterocycles. The second kappa shape index (κ2) is 8.52. The molecule has 12 nitrogen and oxygen atoms in total. The van der Waals surface area contributed by atoms with Crippen LogP contribution in [0.1, 0.15) is 42.4 Å². The van der Waals surface area contributed by atoms with E-state index in [0.717, 1.165) is 0 Å². The summed E-state index contributed by atoms with van der Waals surface area (Å²) in [6, 6.07) is 1.69. The molecule has 3 saturated carbocycles. The van der Waals surface area contributed by atoms with Crippen LogP contribution in [-0.4, -0.2) is 75.1 Å². The number of nitrogens with zero attached hydrogens (tertiary/aromatic N) is 1. The highest BCUT2D eigenvalue weighted by molar-refractivity contribution is 6.24. The number of amides is 2. The molecule has 2 unspecified atom stereocenters. The van der Waals surface area contributed by atoms with Crippen molar-refractivity contribution in [2.24, 2.45) is 29.2 Å². The average molecular weight is 529 g/mol. The smallest absolute Gasteiger partial charge is 0.240 e. The second-order valence-electron chi connectivity index (χ2n) is 11.2. The van der Waals surface area contributed by atoms with Crippen LogP contribution in [-0.2, 0) is 32.1 Å². The summed E-state index contributed by atoms with van der Waals surface area (Å²) in [6.07, 6.45) is -0.216. The molecule has 0 aromatic heterocycles. The van der Waals surface area contributed by atoms with Crippen LogP contribution in [0, 0.1) is 17.8 Å². The first-order valence-electron chi connectivity index (χ1n) is 12.6. The van der Waals surface area contributed by atoms with Crippen molar-refractivity contribution in [3.63, 3.8) is 0 Å². The molecule has 0 heterocycles. The van der Waals surface area contributed by atoms with Crippen molar-refractivity contribution >= 4 is 34.8 Å². The fourth-order valence-corrected chi connectivity index (χ4v) is 6.27. The third-order valence-electron chi connectivity index (χ3n) is 8.60. The lowest BCUT2D eigenvalue weighted by atomic mass is 9.56. The molecule has 0 spiro atoms. The fraction of sp³-hybridized carbons (Fsp3) is 0.538. The Morgan fingerprint density at radius 2 is 1.84 bits per heavy atom. The SMILES string of the molecule is CN(C)c1cc(CNC(=O)C2(N)CC2)c(O)c2c1C[C@H]1C[C@H]3CC(O)C(C(N)=O)C(=O)[C@@]3(O)C(=O)C1=C2O. The normalized spacial score (nSPS) is 31.2. The van der Waals surface area contributed by atoms with E-state index in [1.54, 1.807) is 25.1 Å². The van der Waals surface area contributed by atoms with Gasteiger partial charge in [0.25, 0.3) is 0 Å². The standard InChI is InChI=1S/C26H32N4O8/c1-30(2)14-7-11(9-29-24(37)25(28)3-4-25)19(32)17-13(14)6-10-5-12-8-15(31)18(23(27)36)22(35)26(12,38)21(34)16(10)20(17)33/h7,10,12,15,18,31-33,38H,3-6,8-9,28H2,1-2H3,(H2,27,36)(H,29,37)/t10-,12+,15?,18?,26+/m1/s1. The quantitative estimate of drug-likeness (QED) is 0.226. The minimum absolute atomic E-state index is 0.0225. The molecule has 1 aromatic rings. The molecular weight excluding hydrogens is 496 g/mol. The number of benzene rings is 1. The fourth-order valence-electron chi connectivity index (χ4n) is 6.27. The summed E-state index contributed by atoms with van der Waals surface area (Å²) in [4.78, 5) is 52.8. The molecule has 12 heteroatoms. The lowest BCUT2D eigenvalue weighted by Crippen LogP contribution is -2.66. The maximum Gasteiger partial charge on any atom is 0.240 e. The molecule has 204 valence electrons. The maximum atomic E-state index is 13.7. The van der Waals surface area contributed by atoms with Crippen LogP contribution in [0.15, 0.2) is 11.6 Å². The van der Waals surface area contributed by atoms with Gasteiger partial charge in [0.2, 0.25) is 17.6 Å². The summed E-state index contributed by atoms with van der Waals surface area (Å²) < 4.78 is 0. The molecule has 3 fully saturated rings. The first-order valence-corrected chi connectivity index (χ1v) is 12.6. The summed E-state index contributed by atoms with van der Waals surface area (Å²) >= 11 is 0. The van der Waals surface area contributed by atoms with Gasteiger partial charge >= 0.3 is 0 Å². The van der Waals surface area contributed by atoms with Crippen molar-refractivity contribution in [1.82, 2.24) is 5.32 Å². The number of aliphatic hydroxyl groups is 3. The number of nitrogens with two attached hydrogens (primary N) is 2. The van der Waals surface area contributed by atoms with Gasteiger partial charge in [0.15, 0.2) is 11.4 Å². The summed E-state index contributed by atoms with van der Waals surface area (Å²) in [5, 5.41) is 47.0. The Labute approximate surface area is 218 Å². The number of phenolic OH excluding ortho intramolecular Hbond substituents is 1. The molecule has 5 rings (SSSR count). The van der Waals surface area contributed by atoms with Crippen LogP contribution in [0.4, 0.5) is 5.69 Å². The number of hydrogen-bond acceptors (Lipinski definition) is 10. The molecule has 9 N–H and O–H groups in total. The predicted molar refractivity (Wildman–Crippen MR) is 134 cm³/mol. The Hall–Kier alpha value is -3.48. The van der Waals surface area contributed by atoms with Gasteiger partial charge in [-0.3, -0.25) is 19.2 Å². The number of aromatic hydroxyl groups is 1.